The molecular weight excluding hydrogens is 215 g/mol. The van der Waals surface area contributed by atoms with Gasteiger partial charge in [-0.25, -0.2) is 4.39 Å². The van der Waals surface area contributed by atoms with E-state index >= 15 is 0 Å². The number of benzene rings is 1. The molecule has 1 heterocycles. The lowest BCUT2D eigenvalue weighted by Gasteiger charge is -2.13. The van der Waals surface area contributed by atoms with E-state index in [1.165, 1.54) is 6.07 Å². The zero-order valence-electron chi connectivity index (χ0n) is 9.73. The van der Waals surface area contributed by atoms with Crippen molar-refractivity contribution in [3.8, 4) is 0 Å². The lowest BCUT2D eigenvalue weighted by atomic mass is 9.99. The highest BCUT2D eigenvalue weighted by Gasteiger charge is 2.11. The molecule has 0 bridgehead atoms. The molecule has 1 unspecified atom stereocenters. The van der Waals surface area contributed by atoms with Crippen molar-refractivity contribution < 1.29 is 4.39 Å². The van der Waals surface area contributed by atoms with E-state index in [1.54, 1.807) is 18.5 Å². The third kappa shape index (κ3) is 2.88. The maximum absolute atomic E-state index is 13.7. The molecule has 2 aromatic rings. The Kier molecular flexibility index (Phi) is 3.49. The molecule has 88 valence electrons. The van der Waals surface area contributed by atoms with Crippen LogP contribution in [0.3, 0.4) is 0 Å². The SMILES string of the molecule is Cc1ccc(C(N)Cc2ccncc2)c(F)c1. The molecule has 17 heavy (non-hydrogen) atoms. The molecule has 1 aromatic heterocycles. The number of rotatable bonds is 3. The molecule has 2 N–H and O–H groups in total. The molecule has 2 rings (SSSR count). The summed E-state index contributed by atoms with van der Waals surface area (Å²) >= 11 is 0. The Morgan fingerprint density at radius 3 is 2.59 bits per heavy atom. The highest BCUT2D eigenvalue weighted by molar-refractivity contribution is 5.27. The summed E-state index contributed by atoms with van der Waals surface area (Å²) in [5.74, 6) is -0.230. The van der Waals surface area contributed by atoms with Crippen LogP contribution in [0.5, 0.6) is 0 Å². The predicted molar refractivity (Wildman–Crippen MR) is 66.0 cm³/mol. The van der Waals surface area contributed by atoms with Crippen molar-refractivity contribution >= 4 is 0 Å². The van der Waals surface area contributed by atoms with Gasteiger partial charge in [-0.1, -0.05) is 12.1 Å². The number of aryl methyl sites for hydroxylation is 1. The Hall–Kier alpha value is -1.74. The van der Waals surface area contributed by atoms with Gasteiger partial charge in [0.25, 0.3) is 0 Å². The molecular formula is C14H15FN2. The molecule has 0 amide bonds. The molecule has 0 spiro atoms. The molecule has 1 aromatic carbocycles. The topological polar surface area (TPSA) is 38.9 Å². The zero-order chi connectivity index (χ0) is 12.3. The molecule has 0 aliphatic rings. The minimum Gasteiger partial charge on any atom is -0.324 e. The van der Waals surface area contributed by atoms with Gasteiger partial charge in [-0.15, -0.1) is 0 Å². The number of hydrogen-bond donors (Lipinski definition) is 1. The van der Waals surface area contributed by atoms with Gasteiger partial charge < -0.3 is 5.73 Å². The summed E-state index contributed by atoms with van der Waals surface area (Å²) in [6.07, 6.45) is 4.05. The van der Waals surface area contributed by atoms with Crippen molar-refractivity contribution in [3.63, 3.8) is 0 Å². The van der Waals surface area contributed by atoms with E-state index in [-0.39, 0.29) is 11.9 Å². The number of nitrogens with zero attached hydrogens (tertiary/aromatic N) is 1. The highest BCUT2D eigenvalue weighted by atomic mass is 19.1. The predicted octanol–water partition coefficient (Wildman–Crippen LogP) is 2.77. The molecule has 0 aliphatic carbocycles. The van der Waals surface area contributed by atoms with Crippen LogP contribution in [0.15, 0.2) is 42.7 Å². The van der Waals surface area contributed by atoms with Crippen LogP contribution in [-0.4, -0.2) is 4.98 Å². The summed E-state index contributed by atoms with van der Waals surface area (Å²) in [6, 6.07) is 8.62. The summed E-state index contributed by atoms with van der Waals surface area (Å²) in [5.41, 5.74) is 8.55. The van der Waals surface area contributed by atoms with Crippen LogP contribution in [0.1, 0.15) is 22.7 Å². The molecule has 0 saturated carbocycles. The third-order valence-electron chi connectivity index (χ3n) is 2.76. The lowest BCUT2D eigenvalue weighted by Crippen LogP contribution is -2.15. The van der Waals surface area contributed by atoms with E-state index in [9.17, 15) is 4.39 Å². The summed E-state index contributed by atoms with van der Waals surface area (Å²) < 4.78 is 13.7. The van der Waals surface area contributed by atoms with E-state index in [0.29, 0.717) is 12.0 Å². The van der Waals surface area contributed by atoms with Crippen LogP contribution < -0.4 is 5.73 Å². The van der Waals surface area contributed by atoms with Crippen LogP contribution in [0.4, 0.5) is 4.39 Å². The van der Waals surface area contributed by atoms with Crippen LogP contribution in [0.2, 0.25) is 0 Å². The first kappa shape index (κ1) is 11.7. The summed E-state index contributed by atoms with van der Waals surface area (Å²) in [7, 11) is 0. The van der Waals surface area contributed by atoms with E-state index in [1.807, 2.05) is 25.1 Å². The third-order valence-corrected chi connectivity index (χ3v) is 2.76. The molecule has 0 radical (unpaired) electrons. The first-order valence-corrected chi connectivity index (χ1v) is 5.57. The average Bonchev–Trinajstić information content (AvgIpc) is 2.30. The summed E-state index contributed by atoms with van der Waals surface area (Å²) in [4.78, 5) is 3.94. The van der Waals surface area contributed by atoms with Crippen molar-refractivity contribution in [1.82, 2.24) is 4.98 Å². The second-order valence-corrected chi connectivity index (χ2v) is 4.19. The largest absolute Gasteiger partial charge is 0.324 e. The van der Waals surface area contributed by atoms with Gasteiger partial charge in [-0.05, 0) is 42.7 Å². The molecule has 3 heteroatoms. The minimum absolute atomic E-state index is 0.230. The minimum atomic E-state index is -0.321. The smallest absolute Gasteiger partial charge is 0.128 e. The first-order valence-electron chi connectivity index (χ1n) is 5.57. The van der Waals surface area contributed by atoms with Gasteiger partial charge in [0.2, 0.25) is 0 Å². The Morgan fingerprint density at radius 2 is 1.94 bits per heavy atom. The van der Waals surface area contributed by atoms with Crippen LogP contribution in [-0.2, 0) is 6.42 Å². The highest BCUT2D eigenvalue weighted by Crippen LogP contribution is 2.19. The van der Waals surface area contributed by atoms with Crippen LogP contribution in [0.25, 0.3) is 0 Å². The maximum Gasteiger partial charge on any atom is 0.128 e. The Balaban J connectivity index is 2.17. The van der Waals surface area contributed by atoms with Gasteiger partial charge in [-0.3, -0.25) is 4.98 Å². The standard InChI is InChI=1S/C14H15FN2/c1-10-2-3-12(13(15)8-10)14(16)9-11-4-6-17-7-5-11/h2-8,14H,9,16H2,1H3. The normalized spacial score (nSPS) is 12.4. The Labute approximate surface area is 100 Å². The average molecular weight is 230 g/mol. The van der Waals surface area contributed by atoms with Crippen molar-refractivity contribution in [3.05, 3.63) is 65.2 Å². The van der Waals surface area contributed by atoms with Gasteiger partial charge in [0.05, 0.1) is 0 Å². The molecule has 0 saturated heterocycles. The summed E-state index contributed by atoms with van der Waals surface area (Å²) in [6.45, 7) is 1.86. The van der Waals surface area contributed by atoms with Crippen LogP contribution >= 0.6 is 0 Å². The monoisotopic (exact) mass is 230 g/mol. The Morgan fingerprint density at radius 1 is 1.24 bits per heavy atom. The van der Waals surface area contributed by atoms with E-state index in [2.05, 4.69) is 4.98 Å². The van der Waals surface area contributed by atoms with Crippen molar-refractivity contribution in [2.75, 3.05) is 0 Å². The fraction of sp³-hybridized carbons (Fsp3) is 0.214. The van der Waals surface area contributed by atoms with E-state index in [4.69, 9.17) is 5.73 Å². The van der Waals surface area contributed by atoms with Gasteiger partial charge in [-0.2, -0.15) is 0 Å². The van der Waals surface area contributed by atoms with Crippen molar-refractivity contribution in [1.29, 1.82) is 0 Å². The van der Waals surface area contributed by atoms with E-state index in [0.717, 1.165) is 11.1 Å². The second kappa shape index (κ2) is 5.06. The zero-order valence-corrected chi connectivity index (χ0v) is 9.73. The Bertz CT molecular complexity index is 497. The molecule has 1 atom stereocenters. The van der Waals surface area contributed by atoms with Gasteiger partial charge in [0.1, 0.15) is 5.82 Å². The molecule has 0 fully saturated rings. The molecule has 2 nitrogen and oxygen atoms in total. The number of halogens is 1. The maximum atomic E-state index is 13.7. The van der Waals surface area contributed by atoms with Crippen molar-refractivity contribution in [2.24, 2.45) is 5.73 Å². The number of pyridine rings is 1. The lowest BCUT2D eigenvalue weighted by molar-refractivity contribution is 0.579. The number of nitrogens with two attached hydrogens (primary N) is 1. The fourth-order valence-electron chi connectivity index (χ4n) is 1.82. The van der Waals surface area contributed by atoms with Crippen LogP contribution in [0, 0.1) is 12.7 Å². The fourth-order valence-corrected chi connectivity index (χ4v) is 1.82. The molecule has 0 aliphatic heterocycles. The number of aromatic nitrogens is 1. The first-order chi connectivity index (χ1) is 8.16. The van der Waals surface area contributed by atoms with Gasteiger partial charge in [0, 0.05) is 24.0 Å². The van der Waals surface area contributed by atoms with Gasteiger partial charge in [0.15, 0.2) is 0 Å². The van der Waals surface area contributed by atoms with Gasteiger partial charge >= 0.3 is 0 Å². The van der Waals surface area contributed by atoms with Crippen molar-refractivity contribution in [2.45, 2.75) is 19.4 Å². The second-order valence-electron chi connectivity index (χ2n) is 4.19. The number of hydrogen-bond acceptors (Lipinski definition) is 2. The van der Waals surface area contributed by atoms with E-state index < -0.39 is 0 Å². The summed E-state index contributed by atoms with van der Waals surface area (Å²) in [5, 5.41) is 0. The quantitative estimate of drug-likeness (QED) is 0.880.